The number of amides is 1. The normalized spacial score (nSPS) is 11.6. The molecule has 3 aromatic rings. The Balaban J connectivity index is 2.01. The molecule has 0 saturated heterocycles. The molecule has 0 spiro atoms. The van der Waals surface area contributed by atoms with E-state index in [1.165, 1.54) is 17.7 Å². The van der Waals surface area contributed by atoms with Crippen LogP contribution in [0.15, 0.2) is 39.9 Å². The molecule has 8 heteroatoms. The Morgan fingerprint density at radius 2 is 1.97 bits per heavy atom. The summed E-state index contributed by atoms with van der Waals surface area (Å²) < 4.78 is 15.4. The fraction of sp³-hybridized carbons (Fsp3) is 0.333. The smallest absolute Gasteiger partial charge is 0.329 e. The summed E-state index contributed by atoms with van der Waals surface area (Å²) in [5.74, 6) is -0.832. The molecule has 3 rings (SSSR count). The summed E-state index contributed by atoms with van der Waals surface area (Å²) in [4.78, 5) is 43.8. The number of hydrogen-bond donors (Lipinski definition) is 2. The van der Waals surface area contributed by atoms with E-state index in [9.17, 15) is 18.8 Å². The molecule has 0 fully saturated rings. The van der Waals surface area contributed by atoms with Gasteiger partial charge < -0.3 is 5.32 Å². The van der Waals surface area contributed by atoms with E-state index in [2.05, 4.69) is 15.3 Å². The monoisotopic (exact) mass is 398 g/mol. The van der Waals surface area contributed by atoms with Crippen LogP contribution in [0.2, 0.25) is 0 Å². The maximum absolute atomic E-state index is 14.2. The van der Waals surface area contributed by atoms with Crippen molar-refractivity contribution in [2.45, 2.75) is 32.6 Å². The number of carbonyl (C=O) groups excluding carboxylic acids is 1. The Morgan fingerprint density at radius 1 is 1.28 bits per heavy atom. The van der Waals surface area contributed by atoms with Gasteiger partial charge in [-0.05, 0) is 24.1 Å². The van der Waals surface area contributed by atoms with Crippen molar-refractivity contribution in [2.75, 3.05) is 6.54 Å². The number of fused-ring (bicyclic) bond motifs is 1. The van der Waals surface area contributed by atoms with Crippen LogP contribution < -0.4 is 16.6 Å². The highest BCUT2D eigenvalue weighted by atomic mass is 19.1. The van der Waals surface area contributed by atoms with Crippen LogP contribution in [0.3, 0.4) is 0 Å². The van der Waals surface area contributed by atoms with Crippen LogP contribution in [0.25, 0.3) is 11.0 Å². The lowest BCUT2D eigenvalue weighted by Crippen LogP contribution is -2.38. The Bertz CT molecular complexity index is 1210. The van der Waals surface area contributed by atoms with Crippen LogP contribution in [-0.4, -0.2) is 27.0 Å². The first-order valence-corrected chi connectivity index (χ1v) is 9.32. The molecule has 0 unspecified atom stereocenters. The van der Waals surface area contributed by atoms with Gasteiger partial charge in [-0.15, -0.1) is 0 Å². The lowest BCUT2D eigenvalue weighted by Gasteiger charge is -2.26. The first kappa shape index (κ1) is 20.4. The van der Waals surface area contributed by atoms with E-state index in [1.54, 1.807) is 24.3 Å². The van der Waals surface area contributed by atoms with Crippen LogP contribution in [0.4, 0.5) is 4.39 Å². The zero-order valence-corrected chi connectivity index (χ0v) is 16.8. The van der Waals surface area contributed by atoms with E-state index in [0.29, 0.717) is 17.7 Å². The average molecular weight is 398 g/mol. The summed E-state index contributed by atoms with van der Waals surface area (Å²) in [6, 6.07) is 7.96. The second-order valence-corrected chi connectivity index (χ2v) is 7.58. The molecule has 1 aromatic carbocycles. The number of pyridine rings is 1. The quantitative estimate of drug-likeness (QED) is 0.687. The summed E-state index contributed by atoms with van der Waals surface area (Å²) >= 11 is 0. The molecule has 0 aliphatic rings. The minimum absolute atomic E-state index is 0.0468. The summed E-state index contributed by atoms with van der Waals surface area (Å²) in [6.07, 6.45) is 0.526. The van der Waals surface area contributed by atoms with Crippen molar-refractivity contribution in [2.24, 2.45) is 7.05 Å². The number of benzene rings is 1. The number of rotatable bonds is 5. The predicted molar refractivity (Wildman–Crippen MR) is 109 cm³/mol. The number of halogens is 1. The number of H-pyrrole nitrogens is 1. The van der Waals surface area contributed by atoms with E-state index in [-0.39, 0.29) is 29.0 Å². The standard InChI is InChI=1S/C21H23FN4O3/c1-5-12-10-13(16-17(24-12)26(4)20(29)25-19(16)28)18(27)23-11-21(2,3)14-8-6-7-9-15(14)22/h6-10H,5,11H2,1-4H3,(H,23,27)(H,25,28,29). The molecule has 2 aromatic heterocycles. The van der Waals surface area contributed by atoms with Crippen LogP contribution >= 0.6 is 0 Å². The van der Waals surface area contributed by atoms with Gasteiger partial charge in [0.15, 0.2) is 0 Å². The van der Waals surface area contributed by atoms with Crippen molar-refractivity contribution in [1.82, 2.24) is 19.9 Å². The van der Waals surface area contributed by atoms with Gasteiger partial charge in [0.2, 0.25) is 0 Å². The zero-order chi connectivity index (χ0) is 21.3. The highest BCUT2D eigenvalue weighted by Gasteiger charge is 2.26. The first-order chi connectivity index (χ1) is 13.7. The van der Waals surface area contributed by atoms with Gasteiger partial charge >= 0.3 is 5.69 Å². The second-order valence-electron chi connectivity index (χ2n) is 7.58. The number of aromatic nitrogens is 3. The average Bonchev–Trinajstić information content (AvgIpc) is 2.69. The second kappa shape index (κ2) is 7.62. The van der Waals surface area contributed by atoms with Crippen molar-refractivity contribution in [3.8, 4) is 0 Å². The number of nitrogens with one attached hydrogen (secondary N) is 2. The van der Waals surface area contributed by atoms with E-state index >= 15 is 0 Å². The number of aromatic amines is 1. The maximum atomic E-state index is 14.2. The Labute approximate surface area is 166 Å². The largest absolute Gasteiger partial charge is 0.351 e. The molecular weight excluding hydrogens is 375 g/mol. The fourth-order valence-electron chi connectivity index (χ4n) is 3.25. The van der Waals surface area contributed by atoms with Crippen molar-refractivity contribution in [1.29, 1.82) is 0 Å². The summed E-state index contributed by atoms with van der Waals surface area (Å²) in [6.45, 7) is 5.67. The number of nitrogens with zero attached hydrogens (tertiary/aromatic N) is 2. The third-order valence-corrected chi connectivity index (χ3v) is 5.02. The lowest BCUT2D eigenvalue weighted by molar-refractivity contribution is 0.0946. The Kier molecular flexibility index (Phi) is 5.37. The molecule has 0 aliphatic heterocycles. The highest BCUT2D eigenvalue weighted by molar-refractivity contribution is 6.05. The molecule has 152 valence electrons. The van der Waals surface area contributed by atoms with Crippen molar-refractivity contribution < 1.29 is 9.18 Å². The third kappa shape index (κ3) is 3.83. The lowest BCUT2D eigenvalue weighted by atomic mass is 9.84. The molecule has 0 aliphatic carbocycles. The van der Waals surface area contributed by atoms with Gasteiger partial charge in [-0.1, -0.05) is 39.0 Å². The molecule has 29 heavy (non-hydrogen) atoms. The van der Waals surface area contributed by atoms with E-state index in [0.717, 1.165) is 0 Å². The topological polar surface area (TPSA) is 96.9 Å². The molecule has 0 saturated carbocycles. The van der Waals surface area contributed by atoms with Crippen LogP contribution in [0.5, 0.6) is 0 Å². The van der Waals surface area contributed by atoms with Gasteiger partial charge in [-0.25, -0.2) is 14.2 Å². The van der Waals surface area contributed by atoms with Crippen LogP contribution in [0, 0.1) is 5.82 Å². The van der Waals surface area contributed by atoms with Crippen molar-refractivity contribution in [3.63, 3.8) is 0 Å². The van der Waals surface area contributed by atoms with E-state index < -0.39 is 22.6 Å². The number of carbonyl (C=O) groups is 1. The van der Waals surface area contributed by atoms with E-state index in [4.69, 9.17) is 0 Å². The van der Waals surface area contributed by atoms with Gasteiger partial charge in [0, 0.05) is 24.7 Å². The van der Waals surface area contributed by atoms with Gasteiger partial charge in [0.05, 0.1) is 10.9 Å². The SMILES string of the molecule is CCc1cc(C(=O)NCC(C)(C)c2ccccc2F)c2c(=O)[nH]c(=O)n(C)c2n1. The zero-order valence-electron chi connectivity index (χ0n) is 16.8. The molecule has 0 atom stereocenters. The van der Waals surface area contributed by atoms with Crippen molar-refractivity contribution >= 4 is 16.9 Å². The molecule has 0 bridgehead atoms. The maximum Gasteiger partial charge on any atom is 0.329 e. The minimum Gasteiger partial charge on any atom is -0.351 e. The predicted octanol–water partition coefficient (Wildman–Crippen LogP) is 2.03. The Hall–Kier alpha value is -3.29. The van der Waals surface area contributed by atoms with Gasteiger partial charge in [0.25, 0.3) is 11.5 Å². The highest BCUT2D eigenvalue weighted by Crippen LogP contribution is 2.25. The van der Waals surface area contributed by atoms with Gasteiger partial charge in [-0.3, -0.25) is 19.1 Å². The van der Waals surface area contributed by atoms with Crippen LogP contribution in [0.1, 0.15) is 42.4 Å². The Morgan fingerprint density at radius 3 is 2.62 bits per heavy atom. The molecule has 1 amide bonds. The molecule has 2 N–H and O–H groups in total. The number of hydrogen-bond acceptors (Lipinski definition) is 4. The number of aryl methyl sites for hydroxylation is 2. The van der Waals surface area contributed by atoms with Crippen molar-refractivity contribution in [3.05, 3.63) is 73.8 Å². The van der Waals surface area contributed by atoms with Crippen LogP contribution in [-0.2, 0) is 18.9 Å². The minimum atomic E-state index is -0.670. The summed E-state index contributed by atoms with van der Waals surface area (Å²) in [5.41, 5.74) is -0.598. The van der Waals surface area contributed by atoms with Gasteiger partial charge in [-0.2, -0.15) is 0 Å². The molecule has 7 nitrogen and oxygen atoms in total. The van der Waals surface area contributed by atoms with Gasteiger partial charge in [0.1, 0.15) is 11.5 Å². The summed E-state index contributed by atoms with van der Waals surface area (Å²) in [7, 11) is 1.48. The van der Waals surface area contributed by atoms with E-state index in [1.807, 2.05) is 20.8 Å². The molecular formula is C21H23FN4O3. The summed E-state index contributed by atoms with van der Waals surface area (Å²) in [5, 5.41) is 2.84. The molecule has 2 heterocycles. The first-order valence-electron chi connectivity index (χ1n) is 9.32. The molecule has 0 radical (unpaired) electrons. The third-order valence-electron chi connectivity index (χ3n) is 5.02. The fourth-order valence-corrected chi connectivity index (χ4v) is 3.25.